The molecule has 3 nitrogen and oxygen atoms in total. The van der Waals surface area contributed by atoms with Crippen LogP contribution in [0.2, 0.25) is 5.02 Å². The summed E-state index contributed by atoms with van der Waals surface area (Å²) in [6, 6.07) is 5.00. The highest BCUT2D eigenvalue weighted by atomic mass is 35.5. The predicted molar refractivity (Wildman–Crippen MR) is 75.2 cm³/mol. The van der Waals surface area contributed by atoms with Gasteiger partial charge in [-0.15, -0.1) is 12.4 Å². The standard InChI is InChI=1S/C12H17ClN2O.ClH/c1-7(2)15-8(3)12(16)9-4-5-11(14)10(13)6-9;/h4-8,15H,14H2,1-3H3;1H. The number of nitrogens with one attached hydrogen (secondary N) is 1. The first kappa shape index (κ1) is 16.2. The quantitative estimate of drug-likeness (QED) is 0.657. The van der Waals surface area contributed by atoms with Gasteiger partial charge in [-0.1, -0.05) is 25.4 Å². The van der Waals surface area contributed by atoms with E-state index in [0.29, 0.717) is 16.3 Å². The average Bonchev–Trinajstić information content (AvgIpc) is 2.20. The third-order valence-electron chi connectivity index (χ3n) is 2.26. The Labute approximate surface area is 113 Å². The first-order chi connectivity index (χ1) is 7.41. The number of hydrogen-bond donors (Lipinski definition) is 2. The molecule has 1 rings (SSSR count). The first-order valence-electron chi connectivity index (χ1n) is 5.27. The number of halogens is 2. The Morgan fingerprint density at radius 2 is 1.94 bits per heavy atom. The van der Waals surface area contributed by atoms with E-state index < -0.39 is 0 Å². The summed E-state index contributed by atoms with van der Waals surface area (Å²) in [6.45, 7) is 5.84. The molecular formula is C12H18Cl2N2O. The number of anilines is 1. The van der Waals surface area contributed by atoms with Crippen LogP contribution in [0.1, 0.15) is 31.1 Å². The fourth-order valence-corrected chi connectivity index (χ4v) is 1.69. The van der Waals surface area contributed by atoms with Crippen LogP contribution in [0.4, 0.5) is 5.69 Å². The molecule has 5 heteroatoms. The van der Waals surface area contributed by atoms with Gasteiger partial charge < -0.3 is 11.1 Å². The van der Waals surface area contributed by atoms with Crippen molar-refractivity contribution in [2.24, 2.45) is 0 Å². The molecule has 1 aromatic rings. The molecule has 0 aliphatic heterocycles. The van der Waals surface area contributed by atoms with Gasteiger partial charge in [0.05, 0.1) is 16.8 Å². The SMILES string of the molecule is CC(C)NC(C)C(=O)c1ccc(N)c(Cl)c1.Cl. The molecule has 96 valence electrons. The highest BCUT2D eigenvalue weighted by molar-refractivity contribution is 6.33. The lowest BCUT2D eigenvalue weighted by atomic mass is 10.0. The second-order valence-corrected chi connectivity index (χ2v) is 4.55. The molecule has 0 fully saturated rings. The number of hydrogen-bond acceptors (Lipinski definition) is 3. The Bertz CT molecular complexity index is 394. The number of ketones is 1. The topological polar surface area (TPSA) is 55.1 Å². The van der Waals surface area contributed by atoms with Gasteiger partial charge in [0.1, 0.15) is 0 Å². The summed E-state index contributed by atoms with van der Waals surface area (Å²) in [7, 11) is 0. The average molecular weight is 277 g/mol. The zero-order valence-electron chi connectivity index (χ0n) is 10.2. The molecule has 0 saturated carbocycles. The third-order valence-corrected chi connectivity index (χ3v) is 2.59. The van der Waals surface area contributed by atoms with Crippen LogP contribution in [0.5, 0.6) is 0 Å². The van der Waals surface area contributed by atoms with Crippen LogP contribution in [0.25, 0.3) is 0 Å². The lowest BCUT2D eigenvalue weighted by Gasteiger charge is -2.15. The normalized spacial score (nSPS) is 12.1. The summed E-state index contributed by atoms with van der Waals surface area (Å²) in [5.41, 5.74) is 6.66. The van der Waals surface area contributed by atoms with Crippen molar-refractivity contribution in [1.29, 1.82) is 0 Å². The maximum absolute atomic E-state index is 12.0. The van der Waals surface area contributed by atoms with Crippen molar-refractivity contribution in [2.45, 2.75) is 32.9 Å². The summed E-state index contributed by atoms with van der Waals surface area (Å²) in [5, 5.41) is 3.57. The van der Waals surface area contributed by atoms with Crippen molar-refractivity contribution in [3.63, 3.8) is 0 Å². The molecule has 0 amide bonds. The fraction of sp³-hybridized carbons (Fsp3) is 0.417. The molecule has 1 aromatic carbocycles. The Hall–Kier alpha value is -0.770. The minimum Gasteiger partial charge on any atom is -0.398 e. The zero-order valence-corrected chi connectivity index (χ0v) is 11.7. The minimum atomic E-state index is -0.223. The lowest BCUT2D eigenvalue weighted by molar-refractivity contribution is 0.0946. The number of benzene rings is 1. The Morgan fingerprint density at radius 3 is 2.41 bits per heavy atom. The monoisotopic (exact) mass is 276 g/mol. The molecule has 1 atom stereocenters. The number of rotatable bonds is 4. The van der Waals surface area contributed by atoms with Crippen molar-refractivity contribution in [3.8, 4) is 0 Å². The molecule has 0 saturated heterocycles. The van der Waals surface area contributed by atoms with E-state index in [0.717, 1.165) is 0 Å². The number of carbonyl (C=O) groups excluding carboxylic acids is 1. The fourth-order valence-electron chi connectivity index (χ4n) is 1.51. The minimum absolute atomic E-state index is 0. The number of Topliss-reactive ketones (excluding diaryl/α,β-unsaturated/α-hetero) is 1. The van der Waals surface area contributed by atoms with E-state index in [9.17, 15) is 4.79 Å². The van der Waals surface area contributed by atoms with Crippen molar-refractivity contribution in [1.82, 2.24) is 5.32 Å². The van der Waals surface area contributed by atoms with Crippen LogP contribution in [0, 0.1) is 0 Å². The van der Waals surface area contributed by atoms with Crippen LogP contribution < -0.4 is 11.1 Å². The Balaban J connectivity index is 0.00000256. The van der Waals surface area contributed by atoms with Crippen molar-refractivity contribution < 1.29 is 4.79 Å². The second-order valence-electron chi connectivity index (χ2n) is 4.14. The van der Waals surface area contributed by atoms with Crippen molar-refractivity contribution >= 4 is 35.5 Å². The first-order valence-corrected chi connectivity index (χ1v) is 5.65. The molecule has 0 aliphatic rings. The van der Waals surface area contributed by atoms with Crippen LogP contribution >= 0.6 is 24.0 Å². The number of nitrogen functional groups attached to an aromatic ring is 1. The van der Waals surface area contributed by atoms with Gasteiger partial charge in [-0.2, -0.15) is 0 Å². The summed E-state index contributed by atoms with van der Waals surface area (Å²) in [6.07, 6.45) is 0. The lowest BCUT2D eigenvalue weighted by Crippen LogP contribution is -2.38. The number of nitrogens with two attached hydrogens (primary N) is 1. The Morgan fingerprint density at radius 1 is 1.35 bits per heavy atom. The highest BCUT2D eigenvalue weighted by Crippen LogP contribution is 2.20. The van der Waals surface area contributed by atoms with Gasteiger partial charge in [0.25, 0.3) is 0 Å². The highest BCUT2D eigenvalue weighted by Gasteiger charge is 2.16. The van der Waals surface area contributed by atoms with E-state index in [1.807, 2.05) is 20.8 Å². The largest absolute Gasteiger partial charge is 0.398 e. The van der Waals surface area contributed by atoms with Crippen LogP contribution in [0.3, 0.4) is 0 Å². The van der Waals surface area contributed by atoms with Crippen molar-refractivity contribution in [3.05, 3.63) is 28.8 Å². The van der Waals surface area contributed by atoms with Crippen molar-refractivity contribution in [2.75, 3.05) is 5.73 Å². The van der Waals surface area contributed by atoms with Crippen LogP contribution in [-0.4, -0.2) is 17.9 Å². The molecule has 17 heavy (non-hydrogen) atoms. The maximum atomic E-state index is 12.0. The summed E-state index contributed by atoms with van der Waals surface area (Å²) in [5.74, 6) is 0.0237. The van der Waals surface area contributed by atoms with E-state index >= 15 is 0 Å². The molecular weight excluding hydrogens is 259 g/mol. The number of carbonyl (C=O) groups is 1. The predicted octanol–water partition coefficient (Wildman–Crippen LogP) is 2.91. The Kier molecular flexibility index (Phi) is 6.53. The molecule has 0 bridgehead atoms. The maximum Gasteiger partial charge on any atom is 0.179 e. The van der Waals surface area contributed by atoms with Gasteiger partial charge in [-0.3, -0.25) is 4.79 Å². The molecule has 0 aliphatic carbocycles. The smallest absolute Gasteiger partial charge is 0.179 e. The van der Waals surface area contributed by atoms with Gasteiger partial charge in [0.15, 0.2) is 5.78 Å². The molecule has 1 unspecified atom stereocenters. The van der Waals surface area contributed by atoms with Crippen LogP contribution in [0.15, 0.2) is 18.2 Å². The zero-order chi connectivity index (χ0) is 12.3. The van der Waals surface area contributed by atoms with E-state index in [1.54, 1.807) is 18.2 Å². The molecule has 0 heterocycles. The van der Waals surface area contributed by atoms with Crippen LogP contribution in [-0.2, 0) is 0 Å². The molecule has 0 spiro atoms. The molecule has 0 radical (unpaired) electrons. The molecule has 0 aromatic heterocycles. The van der Waals surface area contributed by atoms with Gasteiger partial charge in [-0.05, 0) is 25.1 Å². The summed E-state index contributed by atoms with van der Waals surface area (Å²) < 4.78 is 0. The van der Waals surface area contributed by atoms with E-state index in [4.69, 9.17) is 17.3 Å². The third kappa shape index (κ3) is 4.54. The van der Waals surface area contributed by atoms with E-state index in [-0.39, 0.29) is 30.3 Å². The van der Waals surface area contributed by atoms with Gasteiger partial charge in [-0.25, -0.2) is 0 Å². The van der Waals surface area contributed by atoms with E-state index in [1.165, 1.54) is 0 Å². The molecule has 3 N–H and O–H groups in total. The summed E-state index contributed by atoms with van der Waals surface area (Å²) >= 11 is 5.87. The van der Waals surface area contributed by atoms with Gasteiger partial charge >= 0.3 is 0 Å². The second kappa shape index (κ2) is 6.84. The van der Waals surface area contributed by atoms with Gasteiger partial charge in [0.2, 0.25) is 0 Å². The summed E-state index contributed by atoms with van der Waals surface area (Å²) in [4.78, 5) is 12.0. The van der Waals surface area contributed by atoms with E-state index in [2.05, 4.69) is 5.32 Å². The van der Waals surface area contributed by atoms with Gasteiger partial charge in [0, 0.05) is 11.6 Å².